The minimum absolute atomic E-state index is 0.0182. The van der Waals surface area contributed by atoms with E-state index in [4.69, 9.17) is 5.11 Å². The predicted octanol–water partition coefficient (Wildman–Crippen LogP) is 0.802. The molecule has 0 saturated carbocycles. The minimum atomic E-state index is -0.956. The molecule has 2 N–H and O–H groups in total. The van der Waals surface area contributed by atoms with Crippen molar-refractivity contribution in [3.63, 3.8) is 0 Å². The van der Waals surface area contributed by atoms with Crippen LogP contribution >= 0.6 is 0 Å². The molecule has 0 heterocycles. The average Bonchev–Trinajstić information content (AvgIpc) is 2.08. The Morgan fingerprint density at radius 3 is 1.83 bits per heavy atom. The van der Waals surface area contributed by atoms with Crippen molar-refractivity contribution in [2.24, 2.45) is 0 Å². The highest BCUT2D eigenvalue weighted by molar-refractivity contribution is 6.49. The maximum Gasteiger partial charge on any atom is 0.267 e. The normalized spacial score (nSPS) is 19.2. The molecule has 0 radical (unpaired) electrons. The number of aliphatic hydroxyl groups excluding tert-OH is 2. The van der Waals surface area contributed by atoms with Crippen LogP contribution in [0.25, 0.3) is 0 Å². The van der Waals surface area contributed by atoms with E-state index in [0.29, 0.717) is 0 Å². The molecule has 0 unspecified atom stereocenters. The number of rotatable bonds is 0. The Morgan fingerprint density at radius 2 is 1.33 bits per heavy atom. The molecule has 0 bridgehead atoms. The van der Waals surface area contributed by atoms with Crippen molar-refractivity contribution in [3.05, 3.63) is 22.7 Å². The summed E-state index contributed by atoms with van der Waals surface area (Å²) in [5, 5.41) is 18.2. The average molecular weight is 168 g/mol. The van der Waals surface area contributed by atoms with Gasteiger partial charge in [-0.05, 0) is 13.8 Å². The van der Waals surface area contributed by atoms with Crippen molar-refractivity contribution in [1.29, 1.82) is 0 Å². The Balaban J connectivity index is 3.37. The number of allylic oxidation sites excluding steroid dienone is 3. The SMILES string of the molecule is CC1=C(O)C(=O)C(=O)C(C)=C1O. The highest BCUT2D eigenvalue weighted by Gasteiger charge is 2.30. The first-order chi connectivity index (χ1) is 5.46. The number of carbonyl (C=O) groups is 2. The molecule has 64 valence electrons. The molecule has 0 amide bonds. The lowest BCUT2D eigenvalue weighted by molar-refractivity contribution is -0.134. The molecule has 1 aliphatic carbocycles. The summed E-state index contributed by atoms with van der Waals surface area (Å²) in [4.78, 5) is 21.8. The van der Waals surface area contributed by atoms with Gasteiger partial charge in [0.25, 0.3) is 5.78 Å². The quantitative estimate of drug-likeness (QED) is 0.414. The molecule has 0 aromatic rings. The highest BCUT2D eigenvalue weighted by Crippen LogP contribution is 2.21. The molecule has 0 aromatic heterocycles. The van der Waals surface area contributed by atoms with E-state index in [1.54, 1.807) is 0 Å². The molecule has 0 saturated heterocycles. The molecule has 4 heteroatoms. The van der Waals surface area contributed by atoms with E-state index in [1.165, 1.54) is 13.8 Å². The summed E-state index contributed by atoms with van der Waals surface area (Å²) in [6.45, 7) is 2.71. The number of Topliss-reactive ketones (excluding diaryl/α,β-unsaturated/α-hetero) is 2. The van der Waals surface area contributed by atoms with Crippen LogP contribution in [0, 0.1) is 0 Å². The zero-order valence-corrected chi connectivity index (χ0v) is 6.71. The van der Waals surface area contributed by atoms with Gasteiger partial charge in [0.05, 0.1) is 0 Å². The highest BCUT2D eigenvalue weighted by atomic mass is 16.3. The first kappa shape index (κ1) is 8.52. The van der Waals surface area contributed by atoms with Gasteiger partial charge in [-0.3, -0.25) is 9.59 Å². The summed E-state index contributed by atoms with van der Waals surface area (Å²) >= 11 is 0. The third-order valence-electron chi connectivity index (χ3n) is 1.83. The van der Waals surface area contributed by atoms with E-state index >= 15 is 0 Å². The van der Waals surface area contributed by atoms with Crippen LogP contribution in [-0.2, 0) is 9.59 Å². The van der Waals surface area contributed by atoms with Gasteiger partial charge in [-0.2, -0.15) is 0 Å². The second kappa shape index (κ2) is 2.48. The maximum atomic E-state index is 10.9. The first-order valence-corrected chi connectivity index (χ1v) is 3.36. The Morgan fingerprint density at radius 1 is 0.833 bits per heavy atom. The predicted molar refractivity (Wildman–Crippen MR) is 40.7 cm³/mol. The number of hydrogen-bond donors (Lipinski definition) is 2. The molecule has 0 fully saturated rings. The van der Waals surface area contributed by atoms with Crippen LogP contribution in [-0.4, -0.2) is 21.8 Å². The Hall–Kier alpha value is -1.58. The van der Waals surface area contributed by atoms with Crippen molar-refractivity contribution >= 4 is 11.6 Å². The van der Waals surface area contributed by atoms with Crippen molar-refractivity contribution in [1.82, 2.24) is 0 Å². The first-order valence-electron chi connectivity index (χ1n) is 3.36. The van der Waals surface area contributed by atoms with Gasteiger partial charge in [0.1, 0.15) is 5.76 Å². The smallest absolute Gasteiger partial charge is 0.267 e. The summed E-state index contributed by atoms with van der Waals surface area (Å²) in [6.07, 6.45) is 0. The van der Waals surface area contributed by atoms with Crippen molar-refractivity contribution in [3.8, 4) is 0 Å². The zero-order valence-electron chi connectivity index (χ0n) is 6.71. The summed E-state index contributed by atoms with van der Waals surface area (Å²) in [7, 11) is 0. The van der Waals surface area contributed by atoms with Crippen LogP contribution in [0.1, 0.15) is 13.8 Å². The molecule has 12 heavy (non-hydrogen) atoms. The van der Waals surface area contributed by atoms with Gasteiger partial charge in [0.15, 0.2) is 5.76 Å². The lowest BCUT2D eigenvalue weighted by atomic mass is 9.96. The Bertz CT molecular complexity index is 284. The lowest BCUT2D eigenvalue weighted by Crippen LogP contribution is -2.24. The largest absolute Gasteiger partial charge is 0.507 e. The second-order valence-electron chi connectivity index (χ2n) is 2.61. The molecule has 1 aliphatic rings. The summed E-state index contributed by atoms with van der Waals surface area (Å²) in [5.41, 5.74) is 0.0346. The van der Waals surface area contributed by atoms with Crippen molar-refractivity contribution < 1.29 is 19.8 Å². The molecule has 0 atom stereocenters. The number of aliphatic hydroxyl groups is 2. The van der Waals surface area contributed by atoms with E-state index in [2.05, 4.69) is 0 Å². The number of carbonyl (C=O) groups excluding carboxylic acids is 2. The number of hydrogen-bond acceptors (Lipinski definition) is 4. The third-order valence-corrected chi connectivity index (χ3v) is 1.83. The molecular formula is C8H8O4. The van der Waals surface area contributed by atoms with Gasteiger partial charge < -0.3 is 10.2 Å². The standard InChI is InChI=1S/C8H8O4/c1-3-5(9)4(2)7(11)8(12)6(3)10/h9-10H,1-2H3. The van der Waals surface area contributed by atoms with Gasteiger partial charge in [-0.1, -0.05) is 0 Å². The Kier molecular flexibility index (Phi) is 1.76. The van der Waals surface area contributed by atoms with Gasteiger partial charge >= 0.3 is 0 Å². The van der Waals surface area contributed by atoms with E-state index in [0.717, 1.165) is 0 Å². The van der Waals surface area contributed by atoms with Gasteiger partial charge in [0, 0.05) is 11.1 Å². The van der Waals surface area contributed by atoms with E-state index in [9.17, 15) is 14.7 Å². The van der Waals surface area contributed by atoms with Crippen molar-refractivity contribution in [2.45, 2.75) is 13.8 Å². The molecule has 1 rings (SSSR count). The minimum Gasteiger partial charge on any atom is -0.507 e. The Labute approximate surface area is 68.8 Å². The number of ketones is 2. The molecule has 0 spiro atoms. The molecule has 0 aliphatic heterocycles. The summed E-state index contributed by atoms with van der Waals surface area (Å²) in [6, 6.07) is 0. The van der Waals surface area contributed by atoms with Gasteiger partial charge in [0.2, 0.25) is 5.78 Å². The monoisotopic (exact) mass is 168 g/mol. The van der Waals surface area contributed by atoms with Crippen LogP contribution in [0.4, 0.5) is 0 Å². The summed E-state index contributed by atoms with van der Waals surface area (Å²) < 4.78 is 0. The van der Waals surface area contributed by atoms with Crippen LogP contribution in [0.15, 0.2) is 22.7 Å². The maximum absolute atomic E-state index is 10.9. The second-order valence-corrected chi connectivity index (χ2v) is 2.61. The van der Waals surface area contributed by atoms with Crippen molar-refractivity contribution in [2.75, 3.05) is 0 Å². The van der Waals surface area contributed by atoms with Crippen LogP contribution < -0.4 is 0 Å². The van der Waals surface area contributed by atoms with E-state index in [1.807, 2.05) is 0 Å². The zero-order chi connectivity index (χ0) is 9.46. The fourth-order valence-corrected chi connectivity index (χ4v) is 0.949. The summed E-state index contributed by atoms with van der Waals surface area (Å²) in [5.74, 6) is -2.78. The lowest BCUT2D eigenvalue weighted by Gasteiger charge is -2.12. The van der Waals surface area contributed by atoms with E-state index < -0.39 is 17.3 Å². The van der Waals surface area contributed by atoms with Crippen LogP contribution in [0.5, 0.6) is 0 Å². The fourth-order valence-electron chi connectivity index (χ4n) is 0.949. The molecular weight excluding hydrogens is 160 g/mol. The van der Waals surface area contributed by atoms with Crippen LogP contribution in [0.3, 0.4) is 0 Å². The molecule has 0 aromatic carbocycles. The van der Waals surface area contributed by atoms with E-state index in [-0.39, 0.29) is 16.9 Å². The van der Waals surface area contributed by atoms with Gasteiger partial charge in [-0.15, -0.1) is 0 Å². The fraction of sp³-hybridized carbons (Fsp3) is 0.250. The molecule has 4 nitrogen and oxygen atoms in total. The van der Waals surface area contributed by atoms with Crippen LogP contribution in [0.2, 0.25) is 0 Å². The third kappa shape index (κ3) is 0.922. The van der Waals surface area contributed by atoms with Gasteiger partial charge in [-0.25, -0.2) is 0 Å². The topological polar surface area (TPSA) is 74.6 Å².